The Balaban J connectivity index is 1.52. The Hall–Kier alpha value is -4.37. The Morgan fingerprint density at radius 3 is 2.42 bits per heavy atom. The van der Waals surface area contributed by atoms with E-state index in [1.807, 2.05) is 12.1 Å². The van der Waals surface area contributed by atoms with E-state index in [1.54, 1.807) is 6.20 Å². The highest BCUT2D eigenvalue weighted by Gasteiger charge is 2.15. The molecule has 3 heteroatoms. The molecule has 0 saturated carbocycles. The van der Waals surface area contributed by atoms with Crippen LogP contribution in [0.2, 0.25) is 0 Å². The maximum atomic E-state index is 5.95. The highest BCUT2D eigenvalue weighted by molar-refractivity contribution is 6.11. The Bertz CT molecular complexity index is 1840. The van der Waals surface area contributed by atoms with Gasteiger partial charge in [-0.25, -0.2) is 4.98 Å². The van der Waals surface area contributed by atoms with Gasteiger partial charge in [-0.2, -0.15) is 0 Å². The average Bonchev–Trinajstić information content (AvgIpc) is 3.39. The molecule has 3 nitrogen and oxygen atoms in total. The molecule has 3 heterocycles. The molecule has 0 fully saturated rings. The fourth-order valence-electron chi connectivity index (χ4n) is 4.99. The van der Waals surface area contributed by atoms with Crippen LogP contribution in [0.4, 0.5) is 0 Å². The van der Waals surface area contributed by atoms with Crippen LogP contribution in [0.25, 0.3) is 60.7 Å². The van der Waals surface area contributed by atoms with Crippen LogP contribution >= 0.6 is 0 Å². The second kappa shape index (κ2) is 6.81. The third kappa shape index (κ3) is 2.72. The molecule has 7 aromatic rings. The molecule has 0 aliphatic rings. The standard InChI is InChI=1S/C30H20N2O/c1-19-6-4-7-20(16-19)21-11-13-28-25(17-21)23-8-2-3-10-27(23)32(28)22-12-14-29-26(18-22)24-9-5-15-31-30(24)33-29/h2-18H,1H3. The van der Waals surface area contributed by atoms with Crippen LogP contribution < -0.4 is 0 Å². The topological polar surface area (TPSA) is 31.0 Å². The van der Waals surface area contributed by atoms with Gasteiger partial charge in [0.25, 0.3) is 0 Å². The van der Waals surface area contributed by atoms with E-state index < -0.39 is 0 Å². The number of rotatable bonds is 2. The van der Waals surface area contributed by atoms with Crippen molar-refractivity contribution in [3.63, 3.8) is 0 Å². The van der Waals surface area contributed by atoms with Gasteiger partial charge in [0.1, 0.15) is 5.58 Å². The lowest BCUT2D eigenvalue weighted by Gasteiger charge is -2.09. The summed E-state index contributed by atoms with van der Waals surface area (Å²) >= 11 is 0. The predicted molar refractivity (Wildman–Crippen MR) is 136 cm³/mol. The molecule has 0 radical (unpaired) electrons. The number of para-hydroxylation sites is 1. The van der Waals surface area contributed by atoms with Gasteiger partial charge in [-0.3, -0.25) is 0 Å². The van der Waals surface area contributed by atoms with Gasteiger partial charge in [-0.15, -0.1) is 0 Å². The van der Waals surface area contributed by atoms with Gasteiger partial charge in [0, 0.05) is 33.4 Å². The molecule has 4 aromatic carbocycles. The first-order valence-corrected chi connectivity index (χ1v) is 11.1. The highest BCUT2D eigenvalue weighted by atomic mass is 16.3. The summed E-state index contributed by atoms with van der Waals surface area (Å²) in [6, 6.07) is 34.5. The minimum atomic E-state index is 0.676. The fourth-order valence-corrected chi connectivity index (χ4v) is 4.99. The number of fused-ring (bicyclic) bond motifs is 6. The quantitative estimate of drug-likeness (QED) is 0.281. The molecule has 0 atom stereocenters. The summed E-state index contributed by atoms with van der Waals surface area (Å²) in [4.78, 5) is 4.38. The molecule has 0 aliphatic carbocycles. The summed E-state index contributed by atoms with van der Waals surface area (Å²) in [5.41, 5.74) is 8.78. The van der Waals surface area contributed by atoms with Crippen molar-refractivity contribution in [2.75, 3.05) is 0 Å². The third-order valence-corrected chi connectivity index (χ3v) is 6.51. The molecule has 156 valence electrons. The number of pyridine rings is 1. The Morgan fingerprint density at radius 1 is 0.636 bits per heavy atom. The van der Waals surface area contributed by atoms with Gasteiger partial charge in [0.15, 0.2) is 0 Å². The largest absolute Gasteiger partial charge is 0.438 e. The van der Waals surface area contributed by atoms with Crippen molar-refractivity contribution in [2.45, 2.75) is 6.92 Å². The zero-order valence-corrected chi connectivity index (χ0v) is 18.1. The van der Waals surface area contributed by atoms with E-state index in [1.165, 1.54) is 38.5 Å². The number of aromatic nitrogens is 2. The molecule has 0 bridgehead atoms. The number of hydrogen-bond donors (Lipinski definition) is 0. The number of benzene rings is 4. The summed E-state index contributed by atoms with van der Waals surface area (Å²) in [6.45, 7) is 2.14. The van der Waals surface area contributed by atoms with E-state index in [0.29, 0.717) is 5.71 Å². The Labute approximate surface area is 190 Å². The molecular weight excluding hydrogens is 404 g/mol. The van der Waals surface area contributed by atoms with Gasteiger partial charge in [0.2, 0.25) is 5.71 Å². The van der Waals surface area contributed by atoms with E-state index in [9.17, 15) is 0 Å². The molecule has 0 amide bonds. The van der Waals surface area contributed by atoms with Crippen molar-refractivity contribution in [3.8, 4) is 16.8 Å². The average molecular weight is 425 g/mol. The van der Waals surface area contributed by atoms with Gasteiger partial charge >= 0.3 is 0 Å². The van der Waals surface area contributed by atoms with Crippen molar-refractivity contribution >= 4 is 43.9 Å². The van der Waals surface area contributed by atoms with Crippen LogP contribution in [0.3, 0.4) is 0 Å². The molecule has 3 aromatic heterocycles. The lowest BCUT2D eigenvalue weighted by molar-refractivity contribution is 0.654. The molecular formula is C30H20N2O. The molecule has 0 unspecified atom stereocenters. The fraction of sp³-hybridized carbons (Fsp3) is 0.0333. The highest BCUT2D eigenvalue weighted by Crippen LogP contribution is 2.36. The maximum absolute atomic E-state index is 5.95. The van der Waals surface area contributed by atoms with E-state index in [-0.39, 0.29) is 0 Å². The molecule has 0 spiro atoms. The molecule has 0 saturated heterocycles. The van der Waals surface area contributed by atoms with Crippen molar-refractivity contribution in [3.05, 3.63) is 109 Å². The summed E-state index contributed by atoms with van der Waals surface area (Å²) in [6.07, 6.45) is 1.77. The molecule has 0 N–H and O–H groups in total. The number of aryl methyl sites for hydroxylation is 1. The lowest BCUT2D eigenvalue weighted by Crippen LogP contribution is -1.93. The summed E-state index contributed by atoms with van der Waals surface area (Å²) in [5, 5.41) is 4.62. The van der Waals surface area contributed by atoms with E-state index in [0.717, 1.165) is 22.0 Å². The Kier molecular flexibility index (Phi) is 3.76. The second-order valence-corrected chi connectivity index (χ2v) is 8.59. The molecule has 33 heavy (non-hydrogen) atoms. The van der Waals surface area contributed by atoms with Gasteiger partial charge in [0.05, 0.1) is 11.0 Å². The first-order chi connectivity index (χ1) is 16.3. The van der Waals surface area contributed by atoms with Crippen LogP contribution in [-0.4, -0.2) is 9.55 Å². The van der Waals surface area contributed by atoms with Crippen molar-refractivity contribution in [2.24, 2.45) is 0 Å². The lowest BCUT2D eigenvalue weighted by atomic mass is 10.0. The van der Waals surface area contributed by atoms with Gasteiger partial charge < -0.3 is 8.98 Å². The SMILES string of the molecule is Cc1cccc(-c2ccc3c(c2)c2ccccc2n3-c2ccc3oc4ncccc4c3c2)c1. The molecule has 0 aliphatic heterocycles. The zero-order chi connectivity index (χ0) is 21.9. The minimum Gasteiger partial charge on any atom is -0.438 e. The van der Waals surface area contributed by atoms with Gasteiger partial charge in [-0.1, -0.05) is 54.1 Å². The predicted octanol–water partition coefficient (Wildman–Crippen LogP) is 8.05. The zero-order valence-electron chi connectivity index (χ0n) is 18.1. The van der Waals surface area contributed by atoms with Crippen molar-refractivity contribution in [1.82, 2.24) is 9.55 Å². The number of hydrogen-bond acceptors (Lipinski definition) is 2. The monoisotopic (exact) mass is 424 g/mol. The molecule has 7 rings (SSSR count). The first-order valence-electron chi connectivity index (χ1n) is 11.1. The Morgan fingerprint density at radius 2 is 1.48 bits per heavy atom. The number of nitrogens with zero attached hydrogens (tertiary/aromatic N) is 2. The van der Waals surface area contributed by atoms with Gasteiger partial charge in [-0.05, 0) is 66.6 Å². The van der Waals surface area contributed by atoms with Crippen molar-refractivity contribution < 1.29 is 4.42 Å². The summed E-state index contributed by atoms with van der Waals surface area (Å²) < 4.78 is 8.30. The summed E-state index contributed by atoms with van der Waals surface area (Å²) in [7, 11) is 0. The first kappa shape index (κ1) is 18.2. The minimum absolute atomic E-state index is 0.676. The second-order valence-electron chi connectivity index (χ2n) is 8.59. The maximum Gasteiger partial charge on any atom is 0.227 e. The third-order valence-electron chi connectivity index (χ3n) is 6.51. The number of furan rings is 1. The van der Waals surface area contributed by atoms with Crippen LogP contribution in [-0.2, 0) is 0 Å². The van der Waals surface area contributed by atoms with E-state index >= 15 is 0 Å². The van der Waals surface area contributed by atoms with Crippen LogP contribution in [0.1, 0.15) is 5.56 Å². The van der Waals surface area contributed by atoms with Crippen LogP contribution in [0.15, 0.2) is 108 Å². The van der Waals surface area contributed by atoms with Crippen molar-refractivity contribution in [1.29, 1.82) is 0 Å². The summed E-state index contributed by atoms with van der Waals surface area (Å²) in [5.74, 6) is 0. The van der Waals surface area contributed by atoms with Crippen LogP contribution in [0.5, 0.6) is 0 Å². The van der Waals surface area contributed by atoms with E-state index in [4.69, 9.17) is 4.42 Å². The smallest absolute Gasteiger partial charge is 0.227 e. The van der Waals surface area contributed by atoms with E-state index in [2.05, 4.69) is 101 Å². The normalized spacial score (nSPS) is 11.8. The van der Waals surface area contributed by atoms with Crippen LogP contribution in [0, 0.1) is 6.92 Å².